The molecule has 0 atom stereocenters. The smallest absolute Gasteiger partial charge is 0.270 e. The van der Waals surface area contributed by atoms with Crippen LogP contribution in [-0.4, -0.2) is 72.0 Å². The van der Waals surface area contributed by atoms with Crippen molar-refractivity contribution < 1.29 is 14.4 Å². The number of piperidine rings is 1. The van der Waals surface area contributed by atoms with Crippen LogP contribution in [0.25, 0.3) is 0 Å². The lowest BCUT2D eigenvalue weighted by Crippen LogP contribution is -2.61. The minimum atomic E-state index is -0.504. The Morgan fingerprint density at radius 1 is 1.17 bits per heavy atom. The van der Waals surface area contributed by atoms with Gasteiger partial charge in [0.1, 0.15) is 11.3 Å². The van der Waals surface area contributed by atoms with Crippen LogP contribution >= 0.6 is 0 Å². The number of carbonyl (C=O) groups is 3. The van der Waals surface area contributed by atoms with E-state index in [0.717, 1.165) is 13.0 Å². The summed E-state index contributed by atoms with van der Waals surface area (Å²) in [5.74, 6) is -0.209. The second kappa shape index (κ2) is 6.27. The number of hydrogen-bond acceptors (Lipinski definition) is 5. The van der Waals surface area contributed by atoms with Gasteiger partial charge in [0.25, 0.3) is 5.91 Å². The molecule has 0 unspecified atom stereocenters. The van der Waals surface area contributed by atoms with E-state index >= 15 is 0 Å². The fourth-order valence-electron chi connectivity index (χ4n) is 3.57. The van der Waals surface area contributed by atoms with E-state index in [1.54, 1.807) is 4.90 Å². The van der Waals surface area contributed by atoms with Gasteiger partial charge >= 0.3 is 0 Å². The molecule has 0 bridgehead atoms. The summed E-state index contributed by atoms with van der Waals surface area (Å²) < 4.78 is 0. The summed E-state index contributed by atoms with van der Waals surface area (Å²) in [5, 5.41) is 6.86. The van der Waals surface area contributed by atoms with Gasteiger partial charge < -0.3 is 10.2 Å². The molecule has 1 spiro atoms. The standard InChI is InChI=1S/C15H23N5O3/c1-19-8-2-7-16-14(23)15(19)5-9-20(10-6-15)13(22)11-3-4-12(21)18-17-11/h2-10H2,1H3,(H,16,23)(H,18,21). The number of rotatable bonds is 1. The van der Waals surface area contributed by atoms with E-state index in [4.69, 9.17) is 0 Å². The highest BCUT2D eigenvalue weighted by atomic mass is 16.2. The van der Waals surface area contributed by atoms with Crippen LogP contribution in [0.1, 0.15) is 32.1 Å². The molecule has 2 fully saturated rings. The molecule has 0 aromatic rings. The van der Waals surface area contributed by atoms with Crippen molar-refractivity contribution in [3.8, 4) is 0 Å². The molecule has 3 aliphatic heterocycles. The summed E-state index contributed by atoms with van der Waals surface area (Å²) in [5.41, 5.74) is 2.26. The number of nitrogens with zero attached hydrogens (tertiary/aromatic N) is 3. The molecule has 3 amide bonds. The zero-order chi connectivity index (χ0) is 16.4. The molecular formula is C15H23N5O3. The largest absolute Gasteiger partial charge is 0.354 e. The second-order valence-corrected chi connectivity index (χ2v) is 6.45. The lowest BCUT2D eigenvalue weighted by atomic mass is 9.85. The number of likely N-dealkylation sites (tertiary alicyclic amines) is 1. The van der Waals surface area contributed by atoms with Crippen molar-refractivity contribution in [1.29, 1.82) is 0 Å². The van der Waals surface area contributed by atoms with Gasteiger partial charge in [-0.05, 0) is 26.3 Å². The number of likely N-dealkylation sites (N-methyl/N-ethyl adjacent to an activating group) is 1. The van der Waals surface area contributed by atoms with Gasteiger partial charge in [0, 0.05) is 39.0 Å². The van der Waals surface area contributed by atoms with Gasteiger partial charge in [0.15, 0.2) is 0 Å². The first-order valence-electron chi connectivity index (χ1n) is 8.17. The third-order valence-electron chi connectivity index (χ3n) is 5.14. The fraction of sp³-hybridized carbons (Fsp3) is 0.733. The van der Waals surface area contributed by atoms with Gasteiger partial charge in [-0.1, -0.05) is 0 Å². The summed E-state index contributed by atoms with van der Waals surface area (Å²) in [7, 11) is 1.99. The minimum absolute atomic E-state index is 0.0758. The summed E-state index contributed by atoms with van der Waals surface area (Å²) in [6.07, 6.45) is 2.88. The van der Waals surface area contributed by atoms with Gasteiger partial charge in [0.05, 0.1) is 0 Å². The van der Waals surface area contributed by atoms with Gasteiger partial charge in [-0.2, -0.15) is 5.10 Å². The highest BCUT2D eigenvalue weighted by molar-refractivity contribution is 6.39. The van der Waals surface area contributed by atoms with Crippen LogP contribution in [0.3, 0.4) is 0 Å². The molecule has 0 aromatic carbocycles. The third kappa shape index (κ3) is 2.95. The van der Waals surface area contributed by atoms with E-state index in [-0.39, 0.29) is 17.7 Å². The molecule has 3 rings (SSSR count). The maximum atomic E-state index is 12.5. The summed E-state index contributed by atoms with van der Waals surface area (Å²) in [4.78, 5) is 40.0. The highest BCUT2D eigenvalue weighted by Gasteiger charge is 2.46. The van der Waals surface area contributed by atoms with E-state index < -0.39 is 5.54 Å². The van der Waals surface area contributed by atoms with E-state index in [1.165, 1.54) is 0 Å². The Balaban J connectivity index is 1.66. The van der Waals surface area contributed by atoms with Crippen molar-refractivity contribution in [3.63, 3.8) is 0 Å². The molecule has 3 aliphatic rings. The normalized spacial score (nSPS) is 25.4. The molecule has 126 valence electrons. The molecule has 0 radical (unpaired) electrons. The van der Waals surface area contributed by atoms with Crippen LogP contribution < -0.4 is 10.7 Å². The molecule has 3 heterocycles. The van der Waals surface area contributed by atoms with Crippen LogP contribution in [0.5, 0.6) is 0 Å². The minimum Gasteiger partial charge on any atom is -0.354 e. The topological polar surface area (TPSA) is 94.1 Å². The van der Waals surface area contributed by atoms with Crippen molar-refractivity contribution in [3.05, 3.63) is 0 Å². The number of hydrazone groups is 1. The monoisotopic (exact) mass is 321 g/mol. The second-order valence-electron chi connectivity index (χ2n) is 6.45. The maximum absolute atomic E-state index is 12.5. The van der Waals surface area contributed by atoms with Crippen LogP contribution in [-0.2, 0) is 14.4 Å². The van der Waals surface area contributed by atoms with E-state index in [9.17, 15) is 14.4 Å². The van der Waals surface area contributed by atoms with Crippen LogP contribution in [0, 0.1) is 0 Å². The molecule has 0 aromatic heterocycles. The average Bonchev–Trinajstić information content (AvgIpc) is 2.70. The van der Waals surface area contributed by atoms with Gasteiger partial charge in [-0.25, -0.2) is 5.43 Å². The highest BCUT2D eigenvalue weighted by Crippen LogP contribution is 2.30. The van der Waals surface area contributed by atoms with Crippen LogP contribution in [0.2, 0.25) is 0 Å². The summed E-state index contributed by atoms with van der Waals surface area (Å²) in [6.45, 7) is 2.66. The van der Waals surface area contributed by atoms with Crippen molar-refractivity contribution in [1.82, 2.24) is 20.5 Å². The SMILES string of the molecule is CN1CCCNC(=O)C12CCN(C(=O)C1=NNC(=O)CC1)CC2. The average molecular weight is 321 g/mol. The third-order valence-corrected chi connectivity index (χ3v) is 5.14. The van der Waals surface area contributed by atoms with Crippen LogP contribution in [0.15, 0.2) is 5.10 Å². The predicted octanol–water partition coefficient (Wildman–Crippen LogP) is -0.935. The first-order valence-corrected chi connectivity index (χ1v) is 8.17. The summed E-state index contributed by atoms with van der Waals surface area (Å²) >= 11 is 0. The Morgan fingerprint density at radius 3 is 2.57 bits per heavy atom. The van der Waals surface area contributed by atoms with Crippen molar-refractivity contribution in [2.45, 2.75) is 37.6 Å². The molecule has 23 heavy (non-hydrogen) atoms. The molecule has 2 N–H and O–H groups in total. The van der Waals surface area contributed by atoms with Crippen molar-refractivity contribution >= 4 is 23.4 Å². The van der Waals surface area contributed by atoms with Gasteiger partial charge in [-0.3, -0.25) is 19.3 Å². The van der Waals surface area contributed by atoms with Crippen LogP contribution in [0.4, 0.5) is 0 Å². The van der Waals surface area contributed by atoms with E-state index in [2.05, 4.69) is 20.7 Å². The Bertz CT molecular complexity index is 551. The predicted molar refractivity (Wildman–Crippen MR) is 83.6 cm³/mol. The lowest BCUT2D eigenvalue weighted by Gasteiger charge is -2.45. The quantitative estimate of drug-likeness (QED) is 0.652. The number of hydrogen-bond donors (Lipinski definition) is 2. The molecule has 8 nitrogen and oxygen atoms in total. The molecule has 0 aliphatic carbocycles. The Labute approximate surface area is 135 Å². The first kappa shape index (κ1) is 15.9. The zero-order valence-electron chi connectivity index (χ0n) is 13.4. The first-order chi connectivity index (χ1) is 11.0. The van der Waals surface area contributed by atoms with Crippen molar-refractivity contribution in [2.75, 3.05) is 33.2 Å². The number of amides is 3. The molecular weight excluding hydrogens is 298 g/mol. The van der Waals surface area contributed by atoms with E-state index in [1.807, 2.05) is 7.05 Å². The summed E-state index contributed by atoms with van der Waals surface area (Å²) in [6, 6.07) is 0. The Kier molecular flexibility index (Phi) is 4.34. The van der Waals surface area contributed by atoms with Gasteiger partial charge in [0.2, 0.25) is 11.8 Å². The lowest BCUT2D eigenvalue weighted by molar-refractivity contribution is -0.138. The molecule has 2 saturated heterocycles. The number of carbonyl (C=O) groups excluding carboxylic acids is 3. The van der Waals surface area contributed by atoms with E-state index in [0.29, 0.717) is 51.0 Å². The molecule has 0 saturated carbocycles. The van der Waals surface area contributed by atoms with Crippen molar-refractivity contribution in [2.24, 2.45) is 5.10 Å². The number of nitrogens with one attached hydrogen (secondary N) is 2. The Hall–Kier alpha value is -1.96. The fourth-order valence-corrected chi connectivity index (χ4v) is 3.57. The van der Waals surface area contributed by atoms with Gasteiger partial charge in [-0.15, -0.1) is 0 Å². The maximum Gasteiger partial charge on any atom is 0.270 e. The zero-order valence-corrected chi connectivity index (χ0v) is 13.4. The molecule has 8 heteroatoms. The Morgan fingerprint density at radius 2 is 1.91 bits per heavy atom.